The minimum absolute atomic E-state index is 0.0392. The van der Waals surface area contributed by atoms with Crippen molar-refractivity contribution >= 4 is 16.6 Å². The van der Waals surface area contributed by atoms with Gasteiger partial charge in [0.1, 0.15) is 17.4 Å². The molecule has 2 aromatic carbocycles. The molecule has 1 atom stereocenters. The average molecular weight is 378 g/mol. The van der Waals surface area contributed by atoms with Crippen molar-refractivity contribution in [3.63, 3.8) is 0 Å². The number of nitrogens with one attached hydrogen (secondary N) is 1. The van der Waals surface area contributed by atoms with E-state index in [-0.39, 0.29) is 12.3 Å². The predicted octanol–water partition coefficient (Wildman–Crippen LogP) is 3.41. The van der Waals surface area contributed by atoms with Crippen molar-refractivity contribution in [1.29, 1.82) is 0 Å². The van der Waals surface area contributed by atoms with Crippen LogP contribution in [0, 0.1) is 5.82 Å². The highest BCUT2D eigenvalue weighted by atomic mass is 19.3. The summed E-state index contributed by atoms with van der Waals surface area (Å²) in [5.74, 6) is -0.0853. The first kappa shape index (κ1) is 18.9. The fourth-order valence-electron chi connectivity index (χ4n) is 2.70. The molecule has 3 aromatic rings. The number of anilines is 1. The number of aromatic nitrogens is 1. The second kappa shape index (κ2) is 8.24. The summed E-state index contributed by atoms with van der Waals surface area (Å²) in [5.41, 5.74) is 1.07. The maximum Gasteiger partial charge on any atom is 0.387 e. The molecule has 0 unspecified atom stereocenters. The van der Waals surface area contributed by atoms with Gasteiger partial charge in [-0.1, -0.05) is 12.1 Å². The van der Waals surface area contributed by atoms with Crippen molar-refractivity contribution in [3.05, 3.63) is 54.5 Å². The summed E-state index contributed by atoms with van der Waals surface area (Å²) in [5, 5.41) is 22.4. The molecule has 0 bridgehead atoms. The third-order valence-electron chi connectivity index (χ3n) is 3.94. The Bertz CT molecular complexity index is 937. The molecule has 0 fully saturated rings. The van der Waals surface area contributed by atoms with Gasteiger partial charge in [-0.15, -0.1) is 0 Å². The van der Waals surface area contributed by atoms with Crippen LogP contribution in [0.15, 0.2) is 48.7 Å². The molecular weight excluding hydrogens is 361 g/mol. The van der Waals surface area contributed by atoms with Gasteiger partial charge in [-0.2, -0.15) is 8.78 Å². The summed E-state index contributed by atoms with van der Waals surface area (Å²) >= 11 is 0. The second-order valence-corrected chi connectivity index (χ2v) is 5.83. The van der Waals surface area contributed by atoms with E-state index in [0.29, 0.717) is 27.7 Å². The zero-order valence-electron chi connectivity index (χ0n) is 14.1. The summed E-state index contributed by atoms with van der Waals surface area (Å²) in [4.78, 5) is 4.29. The Labute approximate surface area is 153 Å². The number of halogens is 3. The van der Waals surface area contributed by atoms with Crippen molar-refractivity contribution in [2.45, 2.75) is 12.7 Å². The molecule has 1 aromatic heterocycles. The van der Waals surface area contributed by atoms with E-state index in [4.69, 9.17) is 5.11 Å². The largest absolute Gasteiger partial charge is 0.435 e. The Kier molecular flexibility index (Phi) is 5.78. The van der Waals surface area contributed by atoms with Crippen molar-refractivity contribution < 1.29 is 28.1 Å². The zero-order chi connectivity index (χ0) is 19.4. The van der Waals surface area contributed by atoms with Gasteiger partial charge in [-0.3, -0.25) is 0 Å². The van der Waals surface area contributed by atoms with Crippen molar-refractivity contribution in [3.8, 4) is 16.9 Å². The summed E-state index contributed by atoms with van der Waals surface area (Å²) in [6.07, 6.45) is 0.503. The van der Waals surface area contributed by atoms with E-state index in [1.807, 2.05) is 0 Å². The quantitative estimate of drug-likeness (QED) is 0.588. The molecule has 1 heterocycles. The van der Waals surface area contributed by atoms with Crippen molar-refractivity contribution in [2.24, 2.45) is 0 Å². The standard InChI is InChI=1S/C19H17F3N2O3/c20-12-3-1-2-11(6-12)17-9-24-18(23-8-13(26)10-25)15-5-4-14(7-16(15)17)27-19(21)22/h1-7,9,13,19,25-26H,8,10H2,(H,23,24)/t13-/m0/s1. The molecule has 0 aliphatic rings. The van der Waals surface area contributed by atoms with Crippen LogP contribution >= 0.6 is 0 Å². The molecular formula is C19H17F3N2O3. The van der Waals surface area contributed by atoms with Crippen LogP contribution in [-0.2, 0) is 0 Å². The number of rotatable bonds is 7. The molecule has 0 aliphatic heterocycles. The van der Waals surface area contributed by atoms with Gasteiger partial charge in [0.05, 0.1) is 12.7 Å². The van der Waals surface area contributed by atoms with E-state index in [9.17, 15) is 18.3 Å². The number of aliphatic hydroxyl groups excluding tert-OH is 2. The molecule has 0 radical (unpaired) electrons. The third-order valence-corrected chi connectivity index (χ3v) is 3.94. The number of alkyl halides is 2. The van der Waals surface area contributed by atoms with Crippen LogP contribution in [-0.4, -0.2) is 41.1 Å². The number of fused-ring (bicyclic) bond motifs is 1. The fourth-order valence-corrected chi connectivity index (χ4v) is 2.70. The van der Waals surface area contributed by atoms with Gasteiger partial charge >= 0.3 is 6.61 Å². The van der Waals surface area contributed by atoms with Crippen LogP contribution in [0.1, 0.15) is 0 Å². The molecule has 0 amide bonds. The Hall–Kier alpha value is -2.84. The highest BCUT2D eigenvalue weighted by Crippen LogP contribution is 2.34. The van der Waals surface area contributed by atoms with Crippen molar-refractivity contribution in [2.75, 3.05) is 18.5 Å². The highest BCUT2D eigenvalue weighted by molar-refractivity contribution is 6.02. The lowest BCUT2D eigenvalue weighted by atomic mass is 10.00. The van der Waals surface area contributed by atoms with E-state index in [0.717, 1.165) is 0 Å². The minimum Gasteiger partial charge on any atom is -0.435 e. The molecule has 5 nitrogen and oxygen atoms in total. The monoisotopic (exact) mass is 378 g/mol. The number of benzene rings is 2. The Morgan fingerprint density at radius 3 is 2.63 bits per heavy atom. The van der Waals surface area contributed by atoms with E-state index >= 15 is 0 Å². The zero-order valence-corrected chi connectivity index (χ0v) is 14.1. The van der Waals surface area contributed by atoms with E-state index in [2.05, 4.69) is 15.0 Å². The highest BCUT2D eigenvalue weighted by Gasteiger charge is 2.13. The molecule has 0 aliphatic carbocycles. The number of hydrogen-bond acceptors (Lipinski definition) is 5. The molecule has 142 valence electrons. The molecule has 0 saturated carbocycles. The number of hydrogen-bond donors (Lipinski definition) is 3. The number of pyridine rings is 1. The minimum atomic E-state index is -2.97. The molecule has 27 heavy (non-hydrogen) atoms. The lowest BCUT2D eigenvalue weighted by Crippen LogP contribution is -2.23. The van der Waals surface area contributed by atoms with Gasteiger partial charge in [0, 0.05) is 23.7 Å². The molecule has 8 heteroatoms. The maximum absolute atomic E-state index is 13.6. The van der Waals surface area contributed by atoms with E-state index in [1.165, 1.54) is 30.5 Å². The van der Waals surface area contributed by atoms with Crippen LogP contribution in [0.3, 0.4) is 0 Å². The Morgan fingerprint density at radius 1 is 1.11 bits per heavy atom. The van der Waals surface area contributed by atoms with Crippen LogP contribution in [0.25, 0.3) is 21.9 Å². The third kappa shape index (κ3) is 4.47. The van der Waals surface area contributed by atoms with Crippen LogP contribution < -0.4 is 10.1 Å². The maximum atomic E-state index is 13.6. The van der Waals surface area contributed by atoms with Gasteiger partial charge < -0.3 is 20.3 Å². The van der Waals surface area contributed by atoms with Crippen LogP contribution in [0.5, 0.6) is 5.75 Å². The van der Waals surface area contributed by atoms with Crippen LogP contribution in [0.4, 0.5) is 19.0 Å². The lowest BCUT2D eigenvalue weighted by molar-refractivity contribution is -0.0497. The van der Waals surface area contributed by atoms with Gasteiger partial charge in [0.25, 0.3) is 0 Å². The second-order valence-electron chi connectivity index (χ2n) is 5.83. The SMILES string of the molecule is OC[C@@H](O)CNc1ncc(-c2cccc(F)c2)c2cc(OC(F)F)ccc12. The van der Waals surface area contributed by atoms with Gasteiger partial charge in [-0.25, -0.2) is 9.37 Å². The topological polar surface area (TPSA) is 74.6 Å². The van der Waals surface area contributed by atoms with Gasteiger partial charge in [0.15, 0.2) is 0 Å². The summed E-state index contributed by atoms with van der Waals surface area (Å²) in [6.45, 7) is -3.34. The number of nitrogens with zero attached hydrogens (tertiary/aromatic N) is 1. The summed E-state index contributed by atoms with van der Waals surface area (Å²) < 4.78 is 43.2. The molecule has 3 rings (SSSR count). The Balaban J connectivity index is 2.11. The van der Waals surface area contributed by atoms with E-state index < -0.39 is 25.1 Å². The first-order chi connectivity index (χ1) is 13.0. The number of aliphatic hydroxyl groups is 2. The molecule has 0 spiro atoms. The summed E-state index contributed by atoms with van der Waals surface area (Å²) in [7, 11) is 0. The fraction of sp³-hybridized carbons (Fsp3) is 0.211. The molecule has 3 N–H and O–H groups in total. The smallest absolute Gasteiger partial charge is 0.387 e. The average Bonchev–Trinajstić information content (AvgIpc) is 2.65. The Morgan fingerprint density at radius 2 is 1.93 bits per heavy atom. The van der Waals surface area contributed by atoms with Crippen molar-refractivity contribution in [1.82, 2.24) is 4.98 Å². The predicted molar refractivity (Wildman–Crippen MR) is 95.4 cm³/mol. The van der Waals surface area contributed by atoms with Gasteiger partial charge in [-0.05, 0) is 41.3 Å². The van der Waals surface area contributed by atoms with Gasteiger partial charge in [0.2, 0.25) is 0 Å². The first-order valence-corrected chi connectivity index (χ1v) is 8.14. The number of ether oxygens (including phenoxy) is 1. The molecule has 0 saturated heterocycles. The lowest BCUT2D eigenvalue weighted by Gasteiger charge is -2.15. The van der Waals surface area contributed by atoms with Crippen LogP contribution in [0.2, 0.25) is 0 Å². The summed E-state index contributed by atoms with van der Waals surface area (Å²) in [6, 6.07) is 10.2. The normalized spacial score (nSPS) is 12.4. The van der Waals surface area contributed by atoms with E-state index in [1.54, 1.807) is 18.2 Å². The first-order valence-electron chi connectivity index (χ1n) is 8.14.